The second kappa shape index (κ2) is 10.7. The topological polar surface area (TPSA) is 93.1 Å². The molecule has 34 heavy (non-hydrogen) atoms. The summed E-state index contributed by atoms with van der Waals surface area (Å²) in [7, 11) is -2.04. The molecule has 1 rings (SSSR count). The van der Waals surface area contributed by atoms with Crippen molar-refractivity contribution in [2.24, 2.45) is 22.2 Å². The van der Waals surface area contributed by atoms with E-state index in [1.807, 2.05) is 6.92 Å². The predicted molar refractivity (Wildman–Crippen MR) is 139 cm³/mol. The summed E-state index contributed by atoms with van der Waals surface area (Å²) >= 11 is 0. The number of rotatable bonds is 11. The highest BCUT2D eigenvalue weighted by atomic mass is 32.2. The lowest BCUT2D eigenvalue weighted by Crippen LogP contribution is -2.38. The molecule has 0 aromatic heterocycles. The van der Waals surface area contributed by atoms with E-state index in [0.717, 1.165) is 12.8 Å². The maximum absolute atomic E-state index is 12.4. The van der Waals surface area contributed by atoms with Crippen LogP contribution in [-0.2, 0) is 16.5 Å². The summed E-state index contributed by atoms with van der Waals surface area (Å²) in [6, 6.07) is 0. The molecule has 0 aliphatic heterocycles. The summed E-state index contributed by atoms with van der Waals surface area (Å²) in [5.74, 6) is -0.192. The molecular formula is C27H48O6S. The van der Waals surface area contributed by atoms with Gasteiger partial charge in [0.05, 0.1) is 14.2 Å². The van der Waals surface area contributed by atoms with Crippen LogP contribution >= 0.6 is 0 Å². The van der Waals surface area contributed by atoms with Gasteiger partial charge in [0.25, 0.3) is 0 Å². The van der Waals surface area contributed by atoms with E-state index in [-0.39, 0.29) is 39.4 Å². The van der Waals surface area contributed by atoms with Crippen LogP contribution in [0.4, 0.5) is 0 Å². The summed E-state index contributed by atoms with van der Waals surface area (Å²) in [5.41, 5.74) is 0.770. The summed E-state index contributed by atoms with van der Waals surface area (Å²) in [5, 5.41) is 11.6. The third-order valence-corrected chi connectivity index (χ3v) is 7.31. The van der Waals surface area contributed by atoms with Gasteiger partial charge < -0.3 is 14.6 Å². The quantitative estimate of drug-likeness (QED) is 0.311. The number of methoxy groups -OCH3 is 2. The van der Waals surface area contributed by atoms with Crippen molar-refractivity contribution in [2.45, 2.75) is 106 Å². The summed E-state index contributed by atoms with van der Waals surface area (Å²) in [4.78, 5) is -0.517. The van der Waals surface area contributed by atoms with Crippen LogP contribution in [0.3, 0.4) is 0 Å². The van der Waals surface area contributed by atoms with Crippen LogP contribution in [0, 0.1) is 22.2 Å². The lowest BCUT2D eigenvalue weighted by Gasteiger charge is -2.49. The minimum atomic E-state index is -4.72. The molecule has 2 N–H and O–H groups in total. The number of benzene rings is 1. The van der Waals surface area contributed by atoms with E-state index in [1.165, 1.54) is 14.2 Å². The Hall–Kier alpha value is -1.47. The van der Waals surface area contributed by atoms with E-state index in [1.54, 1.807) is 0 Å². The van der Waals surface area contributed by atoms with Gasteiger partial charge in [-0.05, 0) is 47.3 Å². The van der Waals surface area contributed by atoms with Crippen molar-refractivity contribution >= 4 is 10.1 Å². The molecule has 0 radical (unpaired) electrons. The van der Waals surface area contributed by atoms with Crippen molar-refractivity contribution in [3.05, 3.63) is 11.1 Å². The molecule has 0 spiro atoms. The molecule has 6 nitrogen and oxygen atoms in total. The fourth-order valence-corrected chi connectivity index (χ4v) is 7.52. The molecule has 0 bridgehead atoms. The summed E-state index contributed by atoms with van der Waals surface area (Å²) < 4.78 is 45.9. The molecule has 0 aliphatic rings. The maximum atomic E-state index is 12.4. The second-order valence-corrected chi connectivity index (χ2v) is 14.0. The first-order valence-corrected chi connectivity index (χ1v) is 13.7. The zero-order chi connectivity index (χ0) is 26.9. The summed E-state index contributed by atoms with van der Waals surface area (Å²) in [6.07, 6.45) is 2.97. The van der Waals surface area contributed by atoms with E-state index >= 15 is 0 Å². The molecule has 0 aliphatic carbocycles. The monoisotopic (exact) mass is 500 g/mol. The van der Waals surface area contributed by atoms with Gasteiger partial charge in [-0.2, -0.15) is 8.42 Å². The van der Waals surface area contributed by atoms with Gasteiger partial charge in [0.2, 0.25) is 0 Å². The molecule has 0 amide bonds. The van der Waals surface area contributed by atoms with E-state index in [4.69, 9.17) is 9.47 Å². The number of hydrogen-bond acceptors (Lipinski definition) is 5. The second-order valence-electron chi connectivity index (χ2n) is 12.6. The van der Waals surface area contributed by atoms with Crippen molar-refractivity contribution < 1.29 is 27.6 Å². The van der Waals surface area contributed by atoms with Crippen LogP contribution in [0.15, 0.2) is 4.90 Å². The van der Waals surface area contributed by atoms with Crippen LogP contribution in [0.25, 0.3) is 0 Å². The highest BCUT2D eigenvalue weighted by molar-refractivity contribution is 7.86. The number of ether oxygens (including phenoxy) is 2. The molecule has 0 saturated carbocycles. The Morgan fingerprint density at radius 2 is 1.41 bits per heavy atom. The highest BCUT2D eigenvalue weighted by Crippen LogP contribution is 2.60. The fourth-order valence-electron chi connectivity index (χ4n) is 6.66. The predicted octanol–water partition coefficient (Wildman–Crippen LogP) is 7.23. The highest BCUT2D eigenvalue weighted by Gasteiger charge is 2.47. The molecule has 1 aromatic rings. The number of phenolic OH excluding ortho intramolecular Hbond substituents is 1. The van der Waals surface area contributed by atoms with Crippen LogP contribution in [-0.4, -0.2) is 32.3 Å². The lowest BCUT2D eigenvalue weighted by atomic mass is 9.55. The first-order valence-electron chi connectivity index (χ1n) is 12.2. The number of aromatic hydroxyl groups is 1. The van der Waals surface area contributed by atoms with Crippen LogP contribution < -0.4 is 9.47 Å². The Labute approximate surface area is 208 Å². The third kappa shape index (κ3) is 6.81. The minimum Gasteiger partial charge on any atom is -0.504 e. The average molecular weight is 501 g/mol. The summed E-state index contributed by atoms with van der Waals surface area (Å²) in [6.45, 7) is 21.8. The van der Waals surface area contributed by atoms with E-state index in [0.29, 0.717) is 29.9 Å². The van der Waals surface area contributed by atoms with Crippen molar-refractivity contribution in [1.29, 1.82) is 0 Å². The largest absolute Gasteiger partial charge is 0.504 e. The first kappa shape index (κ1) is 30.6. The van der Waals surface area contributed by atoms with Crippen molar-refractivity contribution in [2.75, 3.05) is 14.2 Å². The number of phenols is 1. The Kier molecular flexibility index (Phi) is 9.57. The van der Waals surface area contributed by atoms with Crippen molar-refractivity contribution in [1.82, 2.24) is 0 Å². The molecular weight excluding hydrogens is 452 g/mol. The molecule has 1 atom stereocenters. The maximum Gasteiger partial charge on any atom is 0.302 e. The van der Waals surface area contributed by atoms with Gasteiger partial charge in [-0.15, -0.1) is 0 Å². The Morgan fingerprint density at radius 1 is 0.912 bits per heavy atom. The molecule has 0 fully saturated rings. The van der Waals surface area contributed by atoms with E-state index in [9.17, 15) is 18.1 Å². The molecule has 7 heteroatoms. The van der Waals surface area contributed by atoms with Gasteiger partial charge in [0, 0.05) is 11.1 Å². The average Bonchev–Trinajstić information content (AvgIpc) is 2.59. The number of hydrogen-bond donors (Lipinski definition) is 2. The van der Waals surface area contributed by atoms with Crippen molar-refractivity contribution in [3.63, 3.8) is 0 Å². The van der Waals surface area contributed by atoms with Gasteiger partial charge in [-0.3, -0.25) is 4.55 Å². The van der Waals surface area contributed by atoms with Gasteiger partial charge in [0.1, 0.15) is 5.75 Å². The lowest BCUT2D eigenvalue weighted by molar-refractivity contribution is 0.0761. The van der Waals surface area contributed by atoms with Gasteiger partial charge >= 0.3 is 10.1 Å². The Bertz CT molecular complexity index is 953. The van der Waals surface area contributed by atoms with Gasteiger partial charge in [-0.1, -0.05) is 75.7 Å². The standard InChI is InChI=1S/C27H48O6S/c1-13-14-18-19(20(28)22(33-12)23(21(18)32-11)34(29,30)31)24(26(7,8)15-17(2)3)27(9,10)16-25(4,5)6/h17,24,28H,13-16H2,1-12H3,(H,29,30,31). The normalized spacial score (nSPS) is 14.4. The van der Waals surface area contributed by atoms with Crippen LogP contribution in [0.2, 0.25) is 0 Å². The third-order valence-electron chi connectivity index (χ3n) is 6.42. The minimum absolute atomic E-state index is 0.0265. The molecule has 0 heterocycles. The van der Waals surface area contributed by atoms with Crippen molar-refractivity contribution in [3.8, 4) is 17.2 Å². The molecule has 0 saturated heterocycles. The SMILES string of the molecule is CCCc1c(OC)c(S(=O)(=O)O)c(OC)c(O)c1C(C(C)(C)CC(C)C)C(C)(C)CC(C)(C)C. The smallest absolute Gasteiger partial charge is 0.302 e. The zero-order valence-electron chi connectivity index (χ0n) is 23.4. The molecule has 1 aromatic carbocycles. The van der Waals surface area contributed by atoms with Gasteiger partial charge in [-0.25, -0.2) is 0 Å². The van der Waals surface area contributed by atoms with Crippen LogP contribution in [0.1, 0.15) is 106 Å². The fraction of sp³-hybridized carbons (Fsp3) is 0.778. The van der Waals surface area contributed by atoms with Crippen LogP contribution in [0.5, 0.6) is 17.2 Å². The first-order chi connectivity index (χ1) is 15.2. The van der Waals surface area contributed by atoms with Gasteiger partial charge in [0.15, 0.2) is 16.4 Å². The van der Waals surface area contributed by atoms with E-state index in [2.05, 4.69) is 62.3 Å². The Morgan fingerprint density at radius 3 is 1.76 bits per heavy atom. The zero-order valence-corrected chi connectivity index (χ0v) is 24.2. The van der Waals surface area contributed by atoms with E-state index < -0.39 is 15.0 Å². The molecule has 198 valence electrons. The Balaban J connectivity index is 4.31. The molecule has 1 unspecified atom stereocenters.